The highest BCUT2D eigenvalue weighted by Crippen LogP contribution is 2.37. The predicted molar refractivity (Wildman–Crippen MR) is 85.9 cm³/mol. The van der Waals surface area contributed by atoms with E-state index in [1.165, 1.54) is 0 Å². The van der Waals surface area contributed by atoms with Gasteiger partial charge in [-0.1, -0.05) is 41.5 Å². The molecule has 0 heterocycles. The lowest BCUT2D eigenvalue weighted by molar-refractivity contribution is -0.111. The highest BCUT2D eigenvalue weighted by Gasteiger charge is 2.37. The van der Waals surface area contributed by atoms with Crippen LogP contribution >= 0.6 is 0 Å². The van der Waals surface area contributed by atoms with Gasteiger partial charge in [-0.3, -0.25) is 0 Å². The van der Waals surface area contributed by atoms with Crippen LogP contribution in [0.1, 0.15) is 54.4 Å². The van der Waals surface area contributed by atoms with Gasteiger partial charge in [0.25, 0.3) is 0 Å². The Bertz CT molecular complexity index is 268. The van der Waals surface area contributed by atoms with E-state index in [-0.39, 0.29) is 11.0 Å². The largest absolute Gasteiger partial charge is 0.417 e. The van der Waals surface area contributed by atoms with E-state index in [1.54, 1.807) is 0 Å². The summed E-state index contributed by atoms with van der Waals surface area (Å²) in [5.41, 5.74) is 0. The lowest BCUT2D eigenvalue weighted by atomic mass is 9.90. The topological polar surface area (TPSA) is 26.3 Å². The molecule has 0 bridgehead atoms. The quantitative estimate of drug-likeness (QED) is 0.469. The van der Waals surface area contributed by atoms with Crippen LogP contribution < -0.4 is 0 Å². The molecule has 0 unspecified atom stereocenters. The monoisotopic (exact) mass is 286 g/mol. The van der Waals surface area contributed by atoms with E-state index in [1.807, 2.05) is 6.92 Å². The van der Waals surface area contributed by atoms with Crippen molar-refractivity contribution in [2.24, 2.45) is 17.8 Å². The van der Waals surface area contributed by atoms with Crippen LogP contribution in [0.25, 0.3) is 0 Å². The third kappa shape index (κ3) is 7.26. The summed E-state index contributed by atoms with van der Waals surface area (Å²) in [6.07, 6.45) is 3.20. The molecule has 0 radical (unpaired) electrons. The van der Waals surface area contributed by atoms with Gasteiger partial charge in [0.15, 0.2) is 8.32 Å². The molecule has 0 aromatic rings. The van der Waals surface area contributed by atoms with E-state index in [9.17, 15) is 4.79 Å². The fraction of sp³-hybridized carbons (Fsp3) is 0.938. The van der Waals surface area contributed by atoms with Crippen molar-refractivity contribution in [3.8, 4) is 0 Å². The first-order chi connectivity index (χ1) is 8.49. The molecule has 0 aliphatic carbocycles. The zero-order chi connectivity index (χ0) is 15.3. The first-order valence-electron chi connectivity index (χ1n) is 7.59. The van der Waals surface area contributed by atoms with Gasteiger partial charge in [0, 0.05) is 12.5 Å². The Hall–Kier alpha value is -0.153. The summed E-state index contributed by atoms with van der Waals surface area (Å²) < 4.78 is 6.26. The van der Waals surface area contributed by atoms with E-state index >= 15 is 0 Å². The van der Waals surface area contributed by atoms with Crippen LogP contribution in [0.3, 0.4) is 0 Å². The number of aldehydes is 1. The number of carbonyl (C=O) groups is 1. The standard InChI is InChI=1S/C16H34O2Si/c1-13(9-14(2)11-17)10-15(3)12-18-19(7,8)16(4,5)6/h11,13-15H,9-10,12H2,1-8H3/t13-,14+,15-/m1/s1. The van der Waals surface area contributed by atoms with E-state index in [4.69, 9.17) is 4.43 Å². The molecule has 0 spiro atoms. The Labute approximate surface area is 121 Å². The van der Waals surface area contributed by atoms with Crippen molar-refractivity contribution < 1.29 is 9.22 Å². The minimum atomic E-state index is -1.61. The number of carbonyl (C=O) groups excluding carboxylic acids is 1. The van der Waals surface area contributed by atoms with Crippen LogP contribution in [-0.2, 0) is 9.22 Å². The Balaban J connectivity index is 4.12. The maximum Gasteiger partial charge on any atom is 0.191 e. The molecule has 114 valence electrons. The minimum absolute atomic E-state index is 0.184. The van der Waals surface area contributed by atoms with Gasteiger partial charge in [-0.05, 0) is 42.8 Å². The van der Waals surface area contributed by atoms with Crippen LogP contribution in [0.2, 0.25) is 18.1 Å². The second kappa shape index (κ2) is 7.58. The van der Waals surface area contributed by atoms with Crippen LogP contribution in [0, 0.1) is 17.8 Å². The summed E-state index contributed by atoms with van der Waals surface area (Å²) >= 11 is 0. The van der Waals surface area contributed by atoms with Gasteiger partial charge >= 0.3 is 0 Å². The van der Waals surface area contributed by atoms with E-state index in [0.29, 0.717) is 11.8 Å². The molecule has 0 aromatic heterocycles. The van der Waals surface area contributed by atoms with Crippen LogP contribution in [0.15, 0.2) is 0 Å². The second-order valence-electron chi connectivity index (χ2n) is 7.87. The molecule has 3 heteroatoms. The van der Waals surface area contributed by atoms with Crippen molar-refractivity contribution in [1.29, 1.82) is 0 Å². The molecule has 0 N–H and O–H groups in total. The number of rotatable bonds is 8. The Kier molecular flexibility index (Phi) is 7.52. The normalized spacial score (nSPS) is 17.9. The third-order valence-corrected chi connectivity index (χ3v) is 8.85. The first-order valence-corrected chi connectivity index (χ1v) is 10.5. The molecule has 3 atom stereocenters. The lowest BCUT2D eigenvalue weighted by Gasteiger charge is -2.37. The molecular weight excluding hydrogens is 252 g/mol. The highest BCUT2D eigenvalue weighted by atomic mass is 28.4. The minimum Gasteiger partial charge on any atom is -0.417 e. The summed E-state index contributed by atoms with van der Waals surface area (Å²) in [6.45, 7) is 18.8. The summed E-state index contributed by atoms with van der Waals surface area (Å²) in [5.74, 6) is 1.35. The molecule has 0 amide bonds. The predicted octanol–water partition coefficient (Wildman–Crippen LogP) is 4.90. The highest BCUT2D eigenvalue weighted by molar-refractivity contribution is 6.74. The van der Waals surface area contributed by atoms with Gasteiger partial charge in [0.2, 0.25) is 0 Å². The van der Waals surface area contributed by atoms with Gasteiger partial charge in [-0.15, -0.1) is 0 Å². The van der Waals surface area contributed by atoms with E-state index < -0.39 is 8.32 Å². The third-order valence-electron chi connectivity index (χ3n) is 4.35. The summed E-state index contributed by atoms with van der Waals surface area (Å²) in [6, 6.07) is 0. The smallest absolute Gasteiger partial charge is 0.191 e. The summed E-state index contributed by atoms with van der Waals surface area (Å²) in [7, 11) is -1.61. The van der Waals surface area contributed by atoms with Crippen molar-refractivity contribution in [3.63, 3.8) is 0 Å². The van der Waals surface area contributed by atoms with E-state index in [2.05, 4.69) is 47.7 Å². The molecular formula is C16H34O2Si. The fourth-order valence-corrected chi connectivity index (χ4v) is 3.24. The number of hydrogen-bond acceptors (Lipinski definition) is 2. The molecule has 0 rings (SSSR count). The van der Waals surface area contributed by atoms with Gasteiger partial charge in [-0.25, -0.2) is 0 Å². The molecule has 0 aromatic carbocycles. The Morgan fingerprint density at radius 1 is 1.05 bits per heavy atom. The molecule has 0 saturated carbocycles. The Morgan fingerprint density at radius 3 is 2.00 bits per heavy atom. The van der Waals surface area contributed by atoms with Crippen molar-refractivity contribution >= 4 is 14.6 Å². The van der Waals surface area contributed by atoms with Crippen LogP contribution in [-0.4, -0.2) is 21.2 Å². The molecule has 2 nitrogen and oxygen atoms in total. The van der Waals surface area contributed by atoms with Gasteiger partial charge < -0.3 is 9.22 Å². The van der Waals surface area contributed by atoms with Crippen LogP contribution in [0.5, 0.6) is 0 Å². The van der Waals surface area contributed by atoms with Gasteiger partial charge in [0.05, 0.1) is 0 Å². The van der Waals surface area contributed by atoms with E-state index in [0.717, 1.165) is 25.7 Å². The fourth-order valence-electron chi connectivity index (χ4n) is 2.11. The maximum absolute atomic E-state index is 10.7. The van der Waals surface area contributed by atoms with Crippen LogP contribution in [0.4, 0.5) is 0 Å². The van der Waals surface area contributed by atoms with Crippen molar-refractivity contribution in [2.45, 2.75) is 72.5 Å². The summed E-state index contributed by atoms with van der Waals surface area (Å²) in [4.78, 5) is 10.7. The van der Waals surface area contributed by atoms with Gasteiger partial charge in [0.1, 0.15) is 6.29 Å². The molecule has 0 fully saturated rings. The molecule has 0 aliphatic heterocycles. The zero-order valence-electron chi connectivity index (χ0n) is 14.2. The average molecular weight is 287 g/mol. The van der Waals surface area contributed by atoms with Gasteiger partial charge in [-0.2, -0.15) is 0 Å². The molecule has 19 heavy (non-hydrogen) atoms. The average Bonchev–Trinajstić information content (AvgIpc) is 2.24. The first kappa shape index (κ1) is 18.8. The molecule has 0 aliphatic rings. The van der Waals surface area contributed by atoms with Crippen molar-refractivity contribution in [1.82, 2.24) is 0 Å². The zero-order valence-corrected chi connectivity index (χ0v) is 15.2. The molecule has 0 saturated heterocycles. The van der Waals surface area contributed by atoms with Crippen molar-refractivity contribution in [2.75, 3.05) is 6.61 Å². The SMILES string of the molecule is C[C@@H](CO[Si](C)(C)C(C)(C)C)C[C@H](C)C[C@H](C)C=O. The number of hydrogen-bond donors (Lipinski definition) is 0. The maximum atomic E-state index is 10.7. The van der Waals surface area contributed by atoms with Crippen molar-refractivity contribution in [3.05, 3.63) is 0 Å². The Morgan fingerprint density at radius 2 is 1.58 bits per heavy atom. The summed E-state index contributed by atoms with van der Waals surface area (Å²) in [5, 5.41) is 0.282. The second-order valence-corrected chi connectivity index (χ2v) is 12.7. The lowest BCUT2D eigenvalue weighted by Crippen LogP contribution is -2.41.